The van der Waals surface area contributed by atoms with E-state index in [1.54, 1.807) is 0 Å². The van der Waals surface area contributed by atoms with Crippen LogP contribution in [0.15, 0.2) is 42.5 Å². The van der Waals surface area contributed by atoms with Crippen molar-refractivity contribution in [1.29, 1.82) is 0 Å². The van der Waals surface area contributed by atoms with Crippen LogP contribution in [0.5, 0.6) is 0 Å². The summed E-state index contributed by atoms with van der Waals surface area (Å²) < 4.78 is 2.33. The summed E-state index contributed by atoms with van der Waals surface area (Å²) in [6, 6.07) is 13.6. The van der Waals surface area contributed by atoms with E-state index in [2.05, 4.69) is 16.0 Å². The topological polar surface area (TPSA) is 46.9 Å². The number of aryl methyl sites for hydroxylation is 3. The molecule has 2 aromatic carbocycles. The van der Waals surface area contributed by atoms with E-state index in [9.17, 15) is 4.79 Å². The maximum Gasteiger partial charge on any atom is 0.255 e. The third-order valence-electron chi connectivity index (χ3n) is 4.76. The van der Waals surface area contributed by atoms with Crippen LogP contribution < -0.4 is 5.32 Å². The van der Waals surface area contributed by atoms with Crippen LogP contribution in [0.25, 0.3) is 11.0 Å². The zero-order valence-corrected chi connectivity index (χ0v) is 13.9. The molecule has 1 aromatic heterocycles. The molecule has 0 fully saturated rings. The fourth-order valence-electron chi connectivity index (χ4n) is 3.45. The fourth-order valence-corrected chi connectivity index (χ4v) is 3.45. The predicted octanol–water partition coefficient (Wildman–Crippen LogP) is 4.32. The number of fused-ring (bicyclic) bond motifs is 3. The number of benzene rings is 2. The molecule has 0 aliphatic carbocycles. The molecule has 0 spiro atoms. The number of anilines is 1. The SMILES string of the molecule is Cc1ccccc1C(=O)Nc1ccc2c(c1)nc1n2CCCCC1. The summed E-state index contributed by atoms with van der Waals surface area (Å²) in [4.78, 5) is 17.3. The molecular weight excluding hydrogens is 298 g/mol. The average Bonchev–Trinajstić information content (AvgIpc) is 2.75. The van der Waals surface area contributed by atoms with E-state index < -0.39 is 0 Å². The van der Waals surface area contributed by atoms with Gasteiger partial charge in [0.2, 0.25) is 0 Å². The highest BCUT2D eigenvalue weighted by Gasteiger charge is 2.14. The van der Waals surface area contributed by atoms with Gasteiger partial charge in [-0.1, -0.05) is 24.6 Å². The number of imidazole rings is 1. The molecule has 122 valence electrons. The van der Waals surface area contributed by atoms with Crippen LogP contribution in [0.1, 0.15) is 41.0 Å². The molecule has 0 saturated heterocycles. The van der Waals surface area contributed by atoms with Crippen molar-refractivity contribution < 1.29 is 4.79 Å². The van der Waals surface area contributed by atoms with Gasteiger partial charge in [-0.25, -0.2) is 4.98 Å². The molecule has 0 atom stereocenters. The third kappa shape index (κ3) is 2.68. The molecule has 1 aliphatic rings. The number of aromatic nitrogens is 2. The second-order valence-electron chi connectivity index (χ2n) is 6.46. The van der Waals surface area contributed by atoms with Crippen molar-refractivity contribution in [2.24, 2.45) is 0 Å². The summed E-state index contributed by atoms with van der Waals surface area (Å²) in [5, 5.41) is 3.00. The highest BCUT2D eigenvalue weighted by Crippen LogP contribution is 2.24. The lowest BCUT2D eigenvalue weighted by molar-refractivity contribution is 0.102. The minimum atomic E-state index is -0.0757. The third-order valence-corrected chi connectivity index (χ3v) is 4.76. The van der Waals surface area contributed by atoms with E-state index in [1.165, 1.54) is 30.6 Å². The van der Waals surface area contributed by atoms with Crippen molar-refractivity contribution in [3.8, 4) is 0 Å². The molecule has 4 rings (SSSR count). The summed E-state index contributed by atoms with van der Waals surface area (Å²) in [6.07, 6.45) is 4.74. The van der Waals surface area contributed by atoms with Gasteiger partial charge in [0, 0.05) is 24.2 Å². The number of nitrogens with one attached hydrogen (secondary N) is 1. The zero-order valence-electron chi connectivity index (χ0n) is 13.9. The van der Waals surface area contributed by atoms with Gasteiger partial charge in [0.05, 0.1) is 11.0 Å². The van der Waals surface area contributed by atoms with Crippen molar-refractivity contribution in [2.45, 2.75) is 39.2 Å². The lowest BCUT2D eigenvalue weighted by atomic mass is 10.1. The summed E-state index contributed by atoms with van der Waals surface area (Å²) in [7, 11) is 0. The van der Waals surface area contributed by atoms with Crippen molar-refractivity contribution in [3.05, 3.63) is 59.4 Å². The predicted molar refractivity (Wildman–Crippen MR) is 96.4 cm³/mol. The van der Waals surface area contributed by atoms with E-state index in [4.69, 9.17) is 4.98 Å². The first-order chi connectivity index (χ1) is 11.7. The molecule has 24 heavy (non-hydrogen) atoms. The van der Waals surface area contributed by atoms with Crippen molar-refractivity contribution in [1.82, 2.24) is 9.55 Å². The average molecular weight is 319 g/mol. The van der Waals surface area contributed by atoms with Crippen molar-refractivity contribution in [2.75, 3.05) is 5.32 Å². The number of rotatable bonds is 2. The molecule has 2 heterocycles. The molecule has 0 unspecified atom stereocenters. The first-order valence-electron chi connectivity index (χ1n) is 8.58. The smallest absolute Gasteiger partial charge is 0.255 e. The largest absolute Gasteiger partial charge is 0.328 e. The number of carbonyl (C=O) groups is 1. The zero-order chi connectivity index (χ0) is 16.5. The Morgan fingerprint density at radius 1 is 1.12 bits per heavy atom. The summed E-state index contributed by atoms with van der Waals surface area (Å²) >= 11 is 0. The van der Waals surface area contributed by atoms with E-state index in [0.717, 1.165) is 29.7 Å². The molecule has 1 amide bonds. The summed E-state index contributed by atoms with van der Waals surface area (Å²) in [5.74, 6) is 1.10. The van der Waals surface area contributed by atoms with Gasteiger partial charge in [0.25, 0.3) is 5.91 Å². The van der Waals surface area contributed by atoms with Crippen LogP contribution in [0.3, 0.4) is 0 Å². The van der Waals surface area contributed by atoms with Crippen LogP contribution >= 0.6 is 0 Å². The van der Waals surface area contributed by atoms with E-state index in [1.807, 2.05) is 43.3 Å². The second-order valence-corrected chi connectivity index (χ2v) is 6.46. The monoisotopic (exact) mass is 319 g/mol. The van der Waals surface area contributed by atoms with E-state index >= 15 is 0 Å². The van der Waals surface area contributed by atoms with E-state index in [0.29, 0.717) is 5.56 Å². The fraction of sp³-hybridized carbons (Fsp3) is 0.300. The summed E-state index contributed by atoms with van der Waals surface area (Å²) in [6.45, 7) is 2.99. The highest BCUT2D eigenvalue weighted by atomic mass is 16.1. The Morgan fingerprint density at radius 2 is 2.00 bits per heavy atom. The Bertz CT molecular complexity index is 910. The molecule has 0 saturated carbocycles. The molecule has 3 aromatic rings. The molecule has 1 N–H and O–H groups in total. The number of nitrogens with zero attached hydrogens (tertiary/aromatic N) is 2. The first-order valence-corrected chi connectivity index (χ1v) is 8.58. The maximum absolute atomic E-state index is 12.5. The quantitative estimate of drug-likeness (QED) is 0.764. The van der Waals surface area contributed by atoms with Gasteiger partial charge in [0.1, 0.15) is 5.82 Å². The summed E-state index contributed by atoms with van der Waals surface area (Å²) in [5.41, 5.74) is 4.61. The molecule has 0 radical (unpaired) electrons. The Balaban J connectivity index is 1.64. The van der Waals surface area contributed by atoms with Crippen LogP contribution in [0.2, 0.25) is 0 Å². The lowest BCUT2D eigenvalue weighted by Crippen LogP contribution is -2.13. The Hall–Kier alpha value is -2.62. The molecule has 4 heteroatoms. The second kappa shape index (κ2) is 6.11. The molecule has 4 nitrogen and oxygen atoms in total. The van der Waals surface area contributed by atoms with Gasteiger partial charge >= 0.3 is 0 Å². The Morgan fingerprint density at radius 3 is 2.88 bits per heavy atom. The minimum Gasteiger partial charge on any atom is -0.328 e. The maximum atomic E-state index is 12.5. The molecular formula is C20H21N3O. The Labute approximate surface area is 141 Å². The van der Waals surface area contributed by atoms with Gasteiger partial charge in [-0.2, -0.15) is 0 Å². The first kappa shape index (κ1) is 14.9. The number of hydrogen-bond acceptors (Lipinski definition) is 2. The van der Waals surface area contributed by atoms with Crippen LogP contribution in [-0.4, -0.2) is 15.5 Å². The number of carbonyl (C=O) groups excluding carboxylic acids is 1. The van der Waals surface area contributed by atoms with Gasteiger partial charge in [-0.3, -0.25) is 4.79 Å². The number of amides is 1. The van der Waals surface area contributed by atoms with Crippen molar-refractivity contribution >= 4 is 22.6 Å². The lowest BCUT2D eigenvalue weighted by Gasteiger charge is -2.08. The Kier molecular flexibility index (Phi) is 3.81. The van der Waals surface area contributed by atoms with Gasteiger partial charge in [-0.05, 0) is 49.6 Å². The standard InChI is InChI=1S/C20H21N3O/c1-14-7-4-5-8-16(14)20(24)21-15-10-11-18-17(13-15)22-19-9-3-2-6-12-23(18)19/h4-5,7-8,10-11,13H,2-3,6,9,12H2,1H3,(H,21,24). The van der Waals surface area contributed by atoms with Gasteiger partial charge in [-0.15, -0.1) is 0 Å². The van der Waals surface area contributed by atoms with Crippen LogP contribution in [-0.2, 0) is 13.0 Å². The van der Waals surface area contributed by atoms with Gasteiger partial charge < -0.3 is 9.88 Å². The van der Waals surface area contributed by atoms with Gasteiger partial charge in [0.15, 0.2) is 0 Å². The van der Waals surface area contributed by atoms with E-state index in [-0.39, 0.29) is 5.91 Å². The molecule has 0 bridgehead atoms. The number of hydrogen-bond donors (Lipinski definition) is 1. The van der Waals surface area contributed by atoms with Crippen molar-refractivity contribution in [3.63, 3.8) is 0 Å². The molecule has 1 aliphatic heterocycles. The van der Waals surface area contributed by atoms with Crippen LogP contribution in [0.4, 0.5) is 5.69 Å². The van der Waals surface area contributed by atoms with Crippen LogP contribution in [0, 0.1) is 6.92 Å². The highest BCUT2D eigenvalue weighted by molar-refractivity contribution is 6.05. The minimum absolute atomic E-state index is 0.0757. The normalized spacial score (nSPS) is 14.2.